The molecule has 20 heavy (non-hydrogen) atoms. The van der Waals surface area contributed by atoms with E-state index in [-0.39, 0.29) is 0 Å². The van der Waals surface area contributed by atoms with E-state index in [9.17, 15) is 0 Å². The Morgan fingerprint density at radius 2 is 1.90 bits per heavy atom. The van der Waals surface area contributed by atoms with Crippen LogP contribution in [0.2, 0.25) is 0 Å². The quantitative estimate of drug-likeness (QED) is 0.919. The molecule has 0 amide bonds. The average Bonchev–Trinajstić information content (AvgIpc) is 2.53. The number of methoxy groups -OCH3 is 1. The summed E-state index contributed by atoms with van der Waals surface area (Å²) in [4.78, 5) is 0. The number of nitrogens with one attached hydrogen (secondary N) is 1. The van der Waals surface area contributed by atoms with Crippen molar-refractivity contribution in [2.24, 2.45) is 0 Å². The normalized spacial score (nSPS) is 13.2. The number of benzene rings is 2. The molecule has 3 nitrogen and oxygen atoms in total. The van der Waals surface area contributed by atoms with Gasteiger partial charge in [-0.2, -0.15) is 0 Å². The van der Waals surface area contributed by atoms with Gasteiger partial charge in [-0.05, 0) is 30.5 Å². The van der Waals surface area contributed by atoms with Crippen molar-refractivity contribution in [3.63, 3.8) is 0 Å². The standard InChI is InChI=1S/C17H19NO2/c1-19-15-9-2-3-10-16(15)20-12-14-7-4-6-13-8-5-11-18-17(13)14/h2-4,6-7,9-10,18H,5,8,11-12H2,1H3. The maximum absolute atomic E-state index is 5.92. The van der Waals surface area contributed by atoms with Gasteiger partial charge in [0.25, 0.3) is 0 Å². The van der Waals surface area contributed by atoms with Crippen molar-refractivity contribution in [3.05, 3.63) is 53.6 Å². The fraction of sp³-hybridized carbons (Fsp3) is 0.294. The van der Waals surface area contributed by atoms with E-state index >= 15 is 0 Å². The second-order valence-corrected chi connectivity index (χ2v) is 4.92. The first-order valence-corrected chi connectivity index (χ1v) is 6.99. The zero-order chi connectivity index (χ0) is 13.8. The summed E-state index contributed by atoms with van der Waals surface area (Å²) >= 11 is 0. The third kappa shape index (κ3) is 2.57. The van der Waals surface area contributed by atoms with Gasteiger partial charge in [0.05, 0.1) is 7.11 Å². The summed E-state index contributed by atoms with van der Waals surface area (Å²) in [5, 5.41) is 3.48. The zero-order valence-electron chi connectivity index (χ0n) is 11.7. The van der Waals surface area contributed by atoms with Gasteiger partial charge in [-0.15, -0.1) is 0 Å². The Labute approximate surface area is 119 Å². The Balaban J connectivity index is 1.79. The van der Waals surface area contributed by atoms with Crippen molar-refractivity contribution in [1.29, 1.82) is 0 Å². The lowest BCUT2D eigenvalue weighted by atomic mass is 10.00. The summed E-state index contributed by atoms with van der Waals surface area (Å²) in [6.07, 6.45) is 2.34. The van der Waals surface area contributed by atoms with Gasteiger partial charge in [-0.25, -0.2) is 0 Å². The molecule has 1 aliphatic heterocycles. The number of hydrogen-bond acceptors (Lipinski definition) is 3. The monoisotopic (exact) mass is 269 g/mol. The van der Waals surface area contributed by atoms with Gasteiger partial charge >= 0.3 is 0 Å². The molecule has 1 aliphatic rings. The van der Waals surface area contributed by atoms with E-state index in [4.69, 9.17) is 9.47 Å². The predicted molar refractivity (Wildman–Crippen MR) is 80.6 cm³/mol. The molecular formula is C17H19NO2. The minimum Gasteiger partial charge on any atom is -0.493 e. The number of para-hydroxylation sites is 3. The minimum absolute atomic E-state index is 0.552. The number of rotatable bonds is 4. The van der Waals surface area contributed by atoms with Crippen LogP contribution in [0, 0.1) is 0 Å². The van der Waals surface area contributed by atoms with Crippen molar-refractivity contribution in [2.75, 3.05) is 19.0 Å². The van der Waals surface area contributed by atoms with Crippen molar-refractivity contribution >= 4 is 5.69 Å². The third-order valence-corrected chi connectivity index (χ3v) is 3.61. The number of aryl methyl sites for hydroxylation is 1. The highest BCUT2D eigenvalue weighted by Crippen LogP contribution is 2.30. The van der Waals surface area contributed by atoms with Crippen LogP contribution in [0.1, 0.15) is 17.5 Å². The van der Waals surface area contributed by atoms with Gasteiger partial charge in [-0.3, -0.25) is 0 Å². The van der Waals surface area contributed by atoms with Crippen LogP contribution >= 0.6 is 0 Å². The van der Waals surface area contributed by atoms with Crippen LogP contribution in [0.5, 0.6) is 11.5 Å². The summed E-state index contributed by atoms with van der Waals surface area (Å²) in [7, 11) is 1.66. The van der Waals surface area contributed by atoms with E-state index < -0.39 is 0 Å². The van der Waals surface area contributed by atoms with Gasteiger partial charge in [0, 0.05) is 17.8 Å². The van der Waals surface area contributed by atoms with Gasteiger partial charge in [0.1, 0.15) is 6.61 Å². The average molecular weight is 269 g/mol. The van der Waals surface area contributed by atoms with Crippen molar-refractivity contribution in [3.8, 4) is 11.5 Å². The number of anilines is 1. The Hall–Kier alpha value is -2.16. The molecule has 1 heterocycles. The van der Waals surface area contributed by atoms with Crippen LogP contribution in [0.4, 0.5) is 5.69 Å². The number of fused-ring (bicyclic) bond motifs is 1. The molecule has 0 bridgehead atoms. The SMILES string of the molecule is COc1ccccc1OCc1cccc2c1NCCC2. The van der Waals surface area contributed by atoms with Crippen LogP contribution in [-0.2, 0) is 13.0 Å². The molecule has 0 aliphatic carbocycles. The molecule has 0 saturated heterocycles. The van der Waals surface area contributed by atoms with E-state index in [0.29, 0.717) is 6.61 Å². The van der Waals surface area contributed by atoms with E-state index in [1.807, 2.05) is 24.3 Å². The van der Waals surface area contributed by atoms with Crippen LogP contribution in [0.15, 0.2) is 42.5 Å². The second-order valence-electron chi connectivity index (χ2n) is 4.92. The summed E-state index contributed by atoms with van der Waals surface area (Å²) in [6, 6.07) is 14.2. The fourth-order valence-electron chi connectivity index (χ4n) is 2.59. The third-order valence-electron chi connectivity index (χ3n) is 3.61. The Bertz CT molecular complexity index is 595. The van der Waals surface area contributed by atoms with Crippen LogP contribution in [0.3, 0.4) is 0 Å². The first-order valence-electron chi connectivity index (χ1n) is 6.99. The summed E-state index contributed by atoms with van der Waals surface area (Å²) in [5.74, 6) is 1.55. The molecule has 3 heteroatoms. The molecule has 0 saturated carbocycles. The Morgan fingerprint density at radius 3 is 2.75 bits per heavy atom. The first kappa shape index (κ1) is 12.9. The van der Waals surface area contributed by atoms with Crippen LogP contribution < -0.4 is 14.8 Å². The molecule has 1 N–H and O–H groups in total. The smallest absolute Gasteiger partial charge is 0.161 e. The lowest BCUT2D eigenvalue weighted by Crippen LogP contribution is -2.14. The summed E-state index contributed by atoms with van der Waals surface area (Å²) < 4.78 is 11.2. The molecule has 0 fully saturated rings. The van der Waals surface area contributed by atoms with Crippen molar-refractivity contribution < 1.29 is 9.47 Å². The highest BCUT2D eigenvalue weighted by atomic mass is 16.5. The number of ether oxygens (including phenoxy) is 2. The first-order chi connectivity index (χ1) is 9.88. The number of hydrogen-bond donors (Lipinski definition) is 1. The Morgan fingerprint density at radius 1 is 1.05 bits per heavy atom. The maximum atomic E-state index is 5.92. The highest BCUT2D eigenvalue weighted by molar-refractivity contribution is 5.59. The molecular weight excluding hydrogens is 250 g/mol. The van der Waals surface area contributed by atoms with E-state index in [2.05, 4.69) is 23.5 Å². The summed E-state index contributed by atoms with van der Waals surface area (Å²) in [5.41, 5.74) is 3.83. The van der Waals surface area contributed by atoms with Crippen molar-refractivity contribution in [2.45, 2.75) is 19.4 Å². The topological polar surface area (TPSA) is 30.5 Å². The predicted octanol–water partition coefficient (Wildman–Crippen LogP) is 3.63. The van der Waals surface area contributed by atoms with E-state index in [0.717, 1.165) is 24.5 Å². The lowest BCUT2D eigenvalue weighted by molar-refractivity contribution is 0.285. The van der Waals surface area contributed by atoms with Crippen LogP contribution in [0.25, 0.3) is 0 Å². The highest BCUT2D eigenvalue weighted by Gasteiger charge is 2.13. The molecule has 0 atom stereocenters. The fourth-order valence-corrected chi connectivity index (χ4v) is 2.59. The molecule has 0 aromatic heterocycles. The second kappa shape index (κ2) is 5.87. The molecule has 104 valence electrons. The van der Waals surface area contributed by atoms with E-state index in [1.165, 1.54) is 23.2 Å². The molecule has 2 aromatic carbocycles. The Kier molecular flexibility index (Phi) is 3.77. The molecule has 3 rings (SSSR count). The van der Waals surface area contributed by atoms with Gasteiger partial charge in [0.15, 0.2) is 11.5 Å². The van der Waals surface area contributed by atoms with E-state index in [1.54, 1.807) is 7.11 Å². The molecule has 2 aromatic rings. The zero-order valence-corrected chi connectivity index (χ0v) is 11.7. The molecule has 0 radical (unpaired) electrons. The van der Waals surface area contributed by atoms with Gasteiger partial charge in [-0.1, -0.05) is 30.3 Å². The minimum atomic E-state index is 0.552. The maximum Gasteiger partial charge on any atom is 0.161 e. The molecule has 0 unspecified atom stereocenters. The van der Waals surface area contributed by atoms with Gasteiger partial charge < -0.3 is 14.8 Å². The summed E-state index contributed by atoms with van der Waals surface area (Å²) in [6.45, 7) is 1.59. The van der Waals surface area contributed by atoms with Crippen LogP contribution in [-0.4, -0.2) is 13.7 Å². The van der Waals surface area contributed by atoms with Crippen molar-refractivity contribution in [1.82, 2.24) is 0 Å². The molecule has 0 spiro atoms. The van der Waals surface area contributed by atoms with Gasteiger partial charge in [0.2, 0.25) is 0 Å². The lowest BCUT2D eigenvalue weighted by Gasteiger charge is -2.21. The largest absolute Gasteiger partial charge is 0.493 e.